The lowest BCUT2D eigenvalue weighted by atomic mass is 10.0. The van der Waals surface area contributed by atoms with Crippen LogP contribution in [0.25, 0.3) is 0 Å². The van der Waals surface area contributed by atoms with Gasteiger partial charge < -0.3 is 9.47 Å². The standard InChI is InChI=1S/C11H20N2O2/c1-2-12-3-4-13(9-5-14-6-9)11-8-15-7-10(11)12/h9-11H,2-8H2,1H3. The summed E-state index contributed by atoms with van der Waals surface area (Å²) >= 11 is 0. The molecule has 3 heterocycles. The third kappa shape index (κ3) is 1.60. The van der Waals surface area contributed by atoms with Crippen molar-refractivity contribution < 1.29 is 9.47 Å². The molecule has 0 saturated carbocycles. The molecule has 0 amide bonds. The molecule has 3 rings (SSSR count). The number of nitrogens with zero attached hydrogens (tertiary/aromatic N) is 2. The van der Waals surface area contributed by atoms with Gasteiger partial charge in [0.05, 0.1) is 44.6 Å². The minimum absolute atomic E-state index is 0.618. The Morgan fingerprint density at radius 1 is 1.00 bits per heavy atom. The van der Waals surface area contributed by atoms with Crippen LogP contribution in [0.1, 0.15) is 6.92 Å². The first-order chi connectivity index (χ1) is 7.40. The van der Waals surface area contributed by atoms with Crippen molar-refractivity contribution >= 4 is 0 Å². The van der Waals surface area contributed by atoms with Crippen LogP contribution in [-0.4, -0.2) is 74.0 Å². The first-order valence-corrected chi connectivity index (χ1v) is 6.05. The lowest BCUT2D eigenvalue weighted by Crippen LogP contribution is -2.65. The smallest absolute Gasteiger partial charge is 0.0645 e. The van der Waals surface area contributed by atoms with Crippen molar-refractivity contribution in [1.29, 1.82) is 0 Å². The third-order valence-electron chi connectivity index (χ3n) is 4.06. The minimum atomic E-state index is 0.618. The van der Waals surface area contributed by atoms with E-state index < -0.39 is 0 Å². The second-order valence-electron chi connectivity index (χ2n) is 4.73. The van der Waals surface area contributed by atoms with Gasteiger partial charge in [-0.25, -0.2) is 0 Å². The van der Waals surface area contributed by atoms with Crippen molar-refractivity contribution in [1.82, 2.24) is 9.80 Å². The fourth-order valence-corrected chi connectivity index (χ4v) is 3.03. The molecule has 15 heavy (non-hydrogen) atoms. The molecule has 0 N–H and O–H groups in total. The lowest BCUT2D eigenvalue weighted by molar-refractivity contribution is -0.102. The number of ether oxygens (including phenoxy) is 2. The summed E-state index contributed by atoms with van der Waals surface area (Å²) in [6, 6.07) is 1.91. The van der Waals surface area contributed by atoms with E-state index in [0.29, 0.717) is 18.1 Å². The largest absolute Gasteiger partial charge is 0.378 e. The first-order valence-electron chi connectivity index (χ1n) is 6.05. The molecule has 0 aromatic heterocycles. The Morgan fingerprint density at radius 2 is 1.73 bits per heavy atom. The number of fused-ring (bicyclic) bond motifs is 1. The van der Waals surface area contributed by atoms with Crippen LogP contribution in [0.5, 0.6) is 0 Å². The van der Waals surface area contributed by atoms with E-state index in [4.69, 9.17) is 9.47 Å². The van der Waals surface area contributed by atoms with Crippen molar-refractivity contribution in [2.45, 2.75) is 25.0 Å². The van der Waals surface area contributed by atoms with Gasteiger partial charge in [-0.3, -0.25) is 9.80 Å². The van der Waals surface area contributed by atoms with Gasteiger partial charge in [-0.15, -0.1) is 0 Å². The molecular formula is C11H20N2O2. The number of piperazine rings is 1. The summed E-state index contributed by atoms with van der Waals surface area (Å²) < 4.78 is 10.9. The average molecular weight is 212 g/mol. The predicted octanol–water partition coefficient (Wildman–Crippen LogP) is -0.210. The van der Waals surface area contributed by atoms with E-state index in [9.17, 15) is 0 Å². The molecule has 3 saturated heterocycles. The summed E-state index contributed by atoms with van der Waals surface area (Å²) in [6.45, 7) is 9.46. The molecule has 0 aliphatic carbocycles. The second-order valence-corrected chi connectivity index (χ2v) is 4.73. The maximum absolute atomic E-state index is 5.65. The van der Waals surface area contributed by atoms with Crippen molar-refractivity contribution in [3.05, 3.63) is 0 Å². The zero-order valence-electron chi connectivity index (χ0n) is 9.39. The van der Waals surface area contributed by atoms with Crippen LogP contribution in [0.3, 0.4) is 0 Å². The zero-order valence-corrected chi connectivity index (χ0v) is 9.39. The van der Waals surface area contributed by atoms with Crippen molar-refractivity contribution in [3.8, 4) is 0 Å². The average Bonchev–Trinajstić information content (AvgIpc) is 2.64. The highest BCUT2D eigenvalue weighted by atomic mass is 16.5. The third-order valence-corrected chi connectivity index (χ3v) is 4.06. The molecule has 3 aliphatic rings. The summed E-state index contributed by atoms with van der Waals surface area (Å²) in [4.78, 5) is 5.18. The molecule has 2 atom stereocenters. The van der Waals surface area contributed by atoms with Crippen molar-refractivity contribution in [2.75, 3.05) is 46.1 Å². The van der Waals surface area contributed by atoms with Gasteiger partial charge in [-0.05, 0) is 6.54 Å². The molecule has 0 bridgehead atoms. The molecule has 3 fully saturated rings. The highest BCUT2D eigenvalue weighted by Crippen LogP contribution is 2.26. The number of hydrogen-bond acceptors (Lipinski definition) is 4. The Hall–Kier alpha value is -0.160. The summed E-state index contributed by atoms with van der Waals surface area (Å²) in [6.07, 6.45) is 0. The Balaban J connectivity index is 1.71. The molecule has 86 valence electrons. The van der Waals surface area contributed by atoms with Crippen LogP contribution >= 0.6 is 0 Å². The van der Waals surface area contributed by atoms with E-state index in [2.05, 4.69) is 16.7 Å². The van der Waals surface area contributed by atoms with Crippen LogP contribution in [0.4, 0.5) is 0 Å². The molecule has 4 nitrogen and oxygen atoms in total. The van der Waals surface area contributed by atoms with Crippen LogP contribution in [0.2, 0.25) is 0 Å². The Labute approximate surface area is 91.1 Å². The molecule has 0 aromatic rings. The van der Waals surface area contributed by atoms with Crippen molar-refractivity contribution in [3.63, 3.8) is 0 Å². The van der Waals surface area contributed by atoms with Gasteiger partial charge in [-0.2, -0.15) is 0 Å². The quantitative estimate of drug-likeness (QED) is 0.632. The zero-order chi connectivity index (χ0) is 10.3. The fraction of sp³-hybridized carbons (Fsp3) is 1.00. The molecule has 4 heteroatoms. The van der Waals surface area contributed by atoms with Crippen LogP contribution < -0.4 is 0 Å². The normalized spacial score (nSPS) is 39.0. The molecular weight excluding hydrogens is 192 g/mol. The maximum atomic E-state index is 5.65. The van der Waals surface area contributed by atoms with E-state index in [-0.39, 0.29) is 0 Å². The van der Waals surface area contributed by atoms with Crippen LogP contribution in [-0.2, 0) is 9.47 Å². The topological polar surface area (TPSA) is 24.9 Å². The van der Waals surface area contributed by atoms with Gasteiger partial charge in [0.2, 0.25) is 0 Å². The predicted molar refractivity (Wildman–Crippen MR) is 57.0 cm³/mol. The summed E-state index contributed by atoms with van der Waals surface area (Å²) in [5.74, 6) is 0. The van der Waals surface area contributed by atoms with Crippen LogP contribution in [0, 0.1) is 0 Å². The summed E-state index contributed by atoms with van der Waals surface area (Å²) in [7, 11) is 0. The van der Waals surface area contributed by atoms with Gasteiger partial charge in [-0.1, -0.05) is 6.92 Å². The van der Waals surface area contributed by atoms with Crippen LogP contribution in [0.15, 0.2) is 0 Å². The fourth-order valence-electron chi connectivity index (χ4n) is 3.03. The molecule has 3 aliphatic heterocycles. The number of rotatable bonds is 2. The molecule has 2 unspecified atom stereocenters. The summed E-state index contributed by atoms with van der Waals surface area (Å²) in [5.41, 5.74) is 0. The highest BCUT2D eigenvalue weighted by molar-refractivity contribution is 4.98. The Morgan fingerprint density at radius 3 is 2.40 bits per heavy atom. The number of hydrogen-bond donors (Lipinski definition) is 0. The monoisotopic (exact) mass is 212 g/mol. The van der Waals surface area contributed by atoms with E-state index in [1.54, 1.807) is 0 Å². The minimum Gasteiger partial charge on any atom is -0.378 e. The van der Waals surface area contributed by atoms with Gasteiger partial charge in [0.15, 0.2) is 0 Å². The van der Waals surface area contributed by atoms with Gasteiger partial charge in [0, 0.05) is 13.1 Å². The Kier molecular flexibility index (Phi) is 2.68. The number of likely N-dealkylation sites (N-methyl/N-ethyl adjacent to an activating group) is 1. The van der Waals surface area contributed by atoms with Gasteiger partial charge in [0.25, 0.3) is 0 Å². The van der Waals surface area contributed by atoms with Gasteiger partial charge in [0.1, 0.15) is 0 Å². The van der Waals surface area contributed by atoms with Crippen molar-refractivity contribution in [2.24, 2.45) is 0 Å². The SMILES string of the molecule is CCN1CCN(C2COC2)C2COCC21. The van der Waals surface area contributed by atoms with Gasteiger partial charge >= 0.3 is 0 Å². The van der Waals surface area contributed by atoms with E-state index in [1.807, 2.05) is 0 Å². The Bertz CT molecular complexity index is 233. The van der Waals surface area contributed by atoms with E-state index >= 15 is 0 Å². The first kappa shape index (κ1) is 10.0. The van der Waals surface area contributed by atoms with E-state index in [1.165, 1.54) is 13.1 Å². The van der Waals surface area contributed by atoms with E-state index in [0.717, 1.165) is 33.0 Å². The molecule has 0 spiro atoms. The maximum Gasteiger partial charge on any atom is 0.0645 e. The second kappa shape index (κ2) is 4.01. The summed E-state index contributed by atoms with van der Waals surface area (Å²) in [5, 5.41) is 0. The highest BCUT2D eigenvalue weighted by Gasteiger charge is 2.43. The molecule has 0 radical (unpaired) electrons. The lowest BCUT2D eigenvalue weighted by Gasteiger charge is -2.48. The molecule has 0 aromatic carbocycles.